The van der Waals surface area contributed by atoms with E-state index in [9.17, 15) is 5.11 Å². The number of hydrogen-bond donors (Lipinski definition) is 2. The van der Waals surface area contributed by atoms with Crippen molar-refractivity contribution in [2.24, 2.45) is 17.8 Å². The maximum atomic E-state index is 9.98. The minimum Gasteiger partial charge on any atom is -0.390 e. The average Bonchev–Trinajstić information content (AvgIpc) is 2.96. The quantitative estimate of drug-likeness (QED) is 0.612. The van der Waals surface area contributed by atoms with Gasteiger partial charge in [-0.25, -0.2) is 0 Å². The van der Waals surface area contributed by atoms with Gasteiger partial charge in [-0.15, -0.1) is 0 Å². The highest BCUT2D eigenvalue weighted by molar-refractivity contribution is 4.91. The van der Waals surface area contributed by atoms with Crippen LogP contribution in [-0.4, -0.2) is 63.1 Å². The van der Waals surface area contributed by atoms with Crippen molar-refractivity contribution in [1.82, 2.24) is 10.2 Å². The summed E-state index contributed by atoms with van der Waals surface area (Å²) in [5.41, 5.74) is 0. The Balaban J connectivity index is 1.57. The molecule has 0 aliphatic heterocycles. The van der Waals surface area contributed by atoms with Crippen LogP contribution in [0.1, 0.15) is 25.7 Å². The first-order valence-corrected chi connectivity index (χ1v) is 7.75. The van der Waals surface area contributed by atoms with Crippen molar-refractivity contribution in [3.05, 3.63) is 0 Å². The van der Waals surface area contributed by atoms with E-state index in [2.05, 4.69) is 17.3 Å². The van der Waals surface area contributed by atoms with Crippen molar-refractivity contribution in [1.29, 1.82) is 0 Å². The van der Waals surface area contributed by atoms with Crippen molar-refractivity contribution in [3.63, 3.8) is 0 Å². The van der Waals surface area contributed by atoms with Crippen molar-refractivity contribution in [2.75, 3.05) is 46.9 Å². The first kappa shape index (κ1) is 15.2. The molecule has 0 amide bonds. The molecule has 2 N–H and O–H groups in total. The molecule has 0 spiro atoms. The maximum absolute atomic E-state index is 9.98. The lowest BCUT2D eigenvalue weighted by molar-refractivity contribution is 0.106. The average molecular weight is 270 g/mol. The summed E-state index contributed by atoms with van der Waals surface area (Å²) in [5.74, 6) is 2.88. The van der Waals surface area contributed by atoms with E-state index in [1.807, 2.05) is 0 Å². The number of methoxy groups -OCH3 is 1. The normalized spacial score (nSPS) is 31.3. The number of fused-ring (bicyclic) bond motifs is 2. The van der Waals surface area contributed by atoms with Crippen LogP contribution in [0.25, 0.3) is 0 Å². The predicted octanol–water partition coefficient (Wildman–Crippen LogP) is 0.951. The van der Waals surface area contributed by atoms with E-state index in [0.29, 0.717) is 13.2 Å². The highest BCUT2D eigenvalue weighted by Crippen LogP contribution is 2.48. The minimum atomic E-state index is -0.277. The molecule has 2 aliphatic carbocycles. The Bertz CT molecular complexity index is 263. The van der Waals surface area contributed by atoms with Crippen molar-refractivity contribution in [3.8, 4) is 0 Å². The van der Waals surface area contributed by atoms with Gasteiger partial charge in [0.1, 0.15) is 0 Å². The molecule has 2 fully saturated rings. The van der Waals surface area contributed by atoms with Crippen LogP contribution in [0.15, 0.2) is 0 Å². The molecule has 0 aromatic heterocycles. The summed E-state index contributed by atoms with van der Waals surface area (Å²) in [4.78, 5) is 2.31. The lowest BCUT2D eigenvalue weighted by Crippen LogP contribution is -2.39. The van der Waals surface area contributed by atoms with Crippen LogP contribution in [-0.2, 0) is 4.74 Å². The number of rotatable bonds is 9. The van der Waals surface area contributed by atoms with E-state index in [4.69, 9.17) is 4.74 Å². The lowest BCUT2D eigenvalue weighted by atomic mass is 9.88. The predicted molar refractivity (Wildman–Crippen MR) is 77.2 cm³/mol. The number of aliphatic hydroxyl groups excluding tert-OH is 1. The smallest absolute Gasteiger partial charge is 0.0791 e. The van der Waals surface area contributed by atoms with Crippen LogP contribution in [0.5, 0.6) is 0 Å². The second-order valence-electron chi connectivity index (χ2n) is 6.51. The fourth-order valence-electron chi connectivity index (χ4n) is 3.94. The van der Waals surface area contributed by atoms with Crippen LogP contribution < -0.4 is 5.32 Å². The zero-order chi connectivity index (χ0) is 13.7. The Morgan fingerprint density at radius 3 is 2.84 bits per heavy atom. The molecule has 4 nitrogen and oxygen atoms in total. The Hall–Kier alpha value is -0.160. The third-order valence-electron chi connectivity index (χ3n) is 4.82. The lowest BCUT2D eigenvalue weighted by Gasteiger charge is -2.28. The molecule has 0 radical (unpaired) electrons. The monoisotopic (exact) mass is 270 g/mol. The molecule has 0 saturated heterocycles. The second-order valence-corrected chi connectivity index (χ2v) is 6.51. The third kappa shape index (κ3) is 4.71. The van der Waals surface area contributed by atoms with Crippen LogP contribution >= 0.6 is 0 Å². The standard InChI is InChI=1S/C15H30N2O2/c1-17(11-15(18)9-16-5-6-19-2)10-14-8-12-3-4-13(14)7-12/h12-16,18H,3-11H2,1-2H3. The van der Waals surface area contributed by atoms with Crippen LogP contribution in [0, 0.1) is 17.8 Å². The van der Waals surface area contributed by atoms with Gasteiger partial charge in [-0.1, -0.05) is 6.42 Å². The Kier molecular flexibility index (Phi) is 6.07. The third-order valence-corrected chi connectivity index (χ3v) is 4.82. The Morgan fingerprint density at radius 2 is 2.21 bits per heavy atom. The fraction of sp³-hybridized carbons (Fsp3) is 1.00. The number of likely N-dealkylation sites (N-methyl/N-ethyl adjacent to an activating group) is 1. The summed E-state index contributed by atoms with van der Waals surface area (Å²) in [5, 5.41) is 13.2. The van der Waals surface area contributed by atoms with E-state index < -0.39 is 0 Å². The van der Waals surface area contributed by atoms with Crippen molar-refractivity contribution in [2.45, 2.75) is 31.8 Å². The van der Waals surface area contributed by atoms with Gasteiger partial charge in [0.05, 0.1) is 12.7 Å². The van der Waals surface area contributed by atoms with Crippen LogP contribution in [0.3, 0.4) is 0 Å². The number of aliphatic hydroxyl groups is 1. The van der Waals surface area contributed by atoms with E-state index in [0.717, 1.165) is 37.4 Å². The Morgan fingerprint density at radius 1 is 1.37 bits per heavy atom. The molecule has 2 bridgehead atoms. The number of nitrogens with zero attached hydrogens (tertiary/aromatic N) is 1. The van der Waals surface area contributed by atoms with Crippen molar-refractivity contribution < 1.29 is 9.84 Å². The van der Waals surface area contributed by atoms with Crippen molar-refractivity contribution >= 4 is 0 Å². The van der Waals surface area contributed by atoms with Gasteiger partial charge < -0.3 is 20.1 Å². The molecule has 0 aromatic carbocycles. The summed E-state index contributed by atoms with van der Waals surface area (Å²) >= 11 is 0. The summed E-state index contributed by atoms with van der Waals surface area (Å²) in [6.45, 7) is 4.10. The van der Waals surface area contributed by atoms with E-state index >= 15 is 0 Å². The molecule has 4 unspecified atom stereocenters. The van der Waals surface area contributed by atoms with Crippen LogP contribution in [0.2, 0.25) is 0 Å². The SMILES string of the molecule is COCCNCC(O)CN(C)CC1CC2CCC1C2. The zero-order valence-electron chi connectivity index (χ0n) is 12.5. The molecule has 4 atom stereocenters. The summed E-state index contributed by atoms with van der Waals surface area (Å²) in [6.07, 6.45) is 5.54. The molecular formula is C15H30N2O2. The molecular weight excluding hydrogens is 240 g/mol. The largest absolute Gasteiger partial charge is 0.390 e. The van der Waals surface area contributed by atoms with Gasteiger partial charge in [0, 0.05) is 33.3 Å². The first-order valence-electron chi connectivity index (χ1n) is 7.75. The second kappa shape index (κ2) is 7.58. The van der Waals surface area contributed by atoms with Gasteiger partial charge in [0.15, 0.2) is 0 Å². The number of nitrogens with one attached hydrogen (secondary N) is 1. The zero-order valence-corrected chi connectivity index (χ0v) is 12.5. The molecule has 2 saturated carbocycles. The minimum absolute atomic E-state index is 0.277. The van der Waals surface area contributed by atoms with Gasteiger partial charge in [-0.3, -0.25) is 0 Å². The molecule has 4 heteroatoms. The molecule has 2 rings (SSSR count). The topological polar surface area (TPSA) is 44.7 Å². The van der Waals surface area contributed by atoms with E-state index in [1.165, 1.54) is 25.7 Å². The number of hydrogen-bond acceptors (Lipinski definition) is 4. The van der Waals surface area contributed by atoms with Gasteiger partial charge in [0.2, 0.25) is 0 Å². The van der Waals surface area contributed by atoms with Gasteiger partial charge in [0.25, 0.3) is 0 Å². The number of ether oxygens (including phenoxy) is 1. The molecule has 0 aromatic rings. The maximum Gasteiger partial charge on any atom is 0.0791 e. The molecule has 0 heterocycles. The summed E-state index contributed by atoms with van der Waals surface area (Å²) in [7, 11) is 3.84. The van der Waals surface area contributed by atoms with E-state index in [1.54, 1.807) is 7.11 Å². The summed E-state index contributed by atoms with van der Waals surface area (Å²) < 4.78 is 4.97. The highest BCUT2D eigenvalue weighted by Gasteiger charge is 2.39. The Labute approximate surface area is 117 Å². The highest BCUT2D eigenvalue weighted by atomic mass is 16.5. The molecule has 19 heavy (non-hydrogen) atoms. The van der Waals surface area contributed by atoms with Gasteiger partial charge in [-0.05, 0) is 44.1 Å². The molecule has 112 valence electrons. The van der Waals surface area contributed by atoms with Crippen LogP contribution in [0.4, 0.5) is 0 Å². The van der Waals surface area contributed by atoms with Gasteiger partial charge >= 0.3 is 0 Å². The fourth-order valence-corrected chi connectivity index (χ4v) is 3.94. The molecule has 2 aliphatic rings. The first-order chi connectivity index (χ1) is 9.19. The van der Waals surface area contributed by atoms with E-state index in [-0.39, 0.29) is 6.10 Å². The van der Waals surface area contributed by atoms with Gasteiger partial charge in [-0.2, -0.15) is 0 Å². The summed E-state index contributed by atoms with van der Waals surface area (Å²) in [6, 6.07) is 0.